The Morgan fingerprint density at radius 3 is 2.09 bits per heavy atom. The number of ether oxygens (including phenoxy) is 1. The van der Waals surface area contributed by atoms with Gasteiger partial charge in [0.15, 0.2) is 5.78 Å². The van der Waals surface area contributed by atoms with Crippen molar-refractivity contribution in [3.05, 3.63) is 68.8 Å². The number of ketones is 1. The molecule has 286 valence electrons. The number of amides is 1. The van der Waals surface area contributed by atoms with Crippen LogP contribution in [0.15, 0.2) is 18.2 Å². The molecule has 0 aliphatic carbocycles. The number of carboxylic acids is 1. The van der Waals surface area contributed by atoms with E-state index in [-0.39, 0.29) is 80.1 Å². The van der Waals surface area contributed by atoms with E-state index < -0.39 is 46.2 Å². The van der Waals surface area contributed by atoms with Gasteiger partial charge < -0.3 is 29.7 Å². The maximum absolute atomic E-state index is 13.9. The van der Waals surface area contributed by atoms with E-state index in [4.69, 9.17) is 24.7 Å². The van der Waals surface area contributed by atoms with Crippen LogP contribution < -0.4 is 15.3 Å². The van der Waals surface area contributed by atoms with Gasteiger partial charge in [-0.25, -0.2) is 8.42 Å². The molecule has 3 aromatic heterocycles. The van der Waals surface area contributed by atoms with Crippen LogP contribution in [0.4, 0.5) is 0 Å². The summed E-state index contributed by atoms with van der Waals surface area (Å²) in [6, 6.07) is 5.39. The van der Waals surface area contributed by atoms with Crippen LogP contribution in [0.2, 0.25) is 0 Å². The third kappa shape index (κ3) is 8.78. The van der Waals surface area contributed by atoms with Crippen molar-refractivity contribution in [3.63, 3.8) is 0 Å². The number of carbonyl (C=O) groups is 4. The minimum absolute atomic E-state index is 0. The maximum Gasteiger partial charge on any atom is 2.00 e. The molecular weight excluding hydrogens is 797 g/mol. The molecule has 5 heterocycles. The number of nitrogens with one attached hydrogen (secondary N) is 1. The largest absolute Gasteiger partial charge is 2.00 e. The van der Waals surface area contributed by atoms with E-state index in [0.29, 0.717) is 56.7 Å². The number of nitrogens with zero attached hydrogens (tertiary/aromatic N) is 4. The van der Waals surface area contributed by atoms with Crippen LogP contribution in [-0.2, 0) is 51.5 Å². The third-order valence-corrected chi connectivity index (χ3v) is 10.8. The molecular formula is C37H42N5O9PdS-. The number of hydrogen-bond donors (Lipinski definition) is 2. The van der Waals surface area contributed by atoms with Crippen LogP contribution >= 0.6 is 0 Å². The summed E-state index contributed by atoms with van der Waals surface area (Å²) in [5.74, 6) is -4.34. The van der Waals surface area contributed by atoms with Gasteiger partial charge in [0.2, 0.25) is 5.91 Å². The SMILES string of the molecule is CC[C@H]1c2cc3[n-]c(c(COC(C)=O)c4nc(cc5[n-]c(cc(n2)C1C)c(C(C)=O)c5C)C(C)[C@@H]4CCC(=O)O)c(C(=O)NCCS(=O)(=O)[O-])c3C.[Pd+2]. The number of aliphatic carboxylic acids is 1. The van der Waals surface area contributed by atoms with E-state index in [1.54, 1.807) is 19.1 Å². The summed E-state index contributed by atoms with van der Waals surface area (Å²) in [5.41, 5.74) is 5.68. The second kappa shape index (κ2) is 16.4. The number of carbonyl (C=O) groups excluding carboxylic acids is 3. The van der Waals surface area contributed by atoms with Crippen LogP contribution in [0.3, 0.4) is 0 Å². The minimum atomic E-state index is -4.63. The molecule has 2 N–H and O–H groups in total. The zero-order valence-electron chi connectivity index (χ0n) is 30.5. The van der Waals surface area contributed by atoms with Gasteiger partial charge in [0, 0.05) is 77.5 Å². The standard InChI is InChI=1S/C37H45N5O9S.Pd/c1-8-23-17(2)26-15-31-33(21(6)43)19(4)28(40-31)13-27-18(3)24(9-10-32(45)46)35(41-27)25(16-51-22(7)44)36-34(37(47)38-11-12-52(48,49)50)20(5)29(42-36)14-30(23)39-26;/h13-15,17-18,23-24H,8-12,16H2,1-7H3,(H5,38,39,40,41,42,43,45,46,47,48,49,50);/q;+2/p-3/t17?,18?,23-,24+;/m1./s1. The number of rotatable bonds is 11. The minimum Gasteiger partial charge on any atom is -0.748 e. The van der Waals surface area contributed by atoms with Gasteiger partial charge in [-0.05, 0) is 39.2 Å². The van der Waals surface area contributed by atoms with Gasteiger partial charge >= 0.3 is 32.4 Å². The summed E-state index contributed by atoms with van der Waals surface area (Å²) in [6.07, 6.45) is 0.654. The first kappa shape index (κ1) is 41.5. The molecule has 0 saturated heterocycles. The van der Waals surface area contributed by atoms with E-state index in [2.05, 4.69) is 5.32 Å². The van der Waals surface area contributed by atoms with Gasteiger partial charge in [-0.15, -0.1) is 22.1 Å². The fraction of sp³-hybridized carbons (Fsp3) is 0.459. The summed E-state index contributed by atoms with van der Waals surface area (Å²) >= 11 is 0. The smallest absolute Gasteiger partial charge is 0.748 e. The molecule has 0 fully saturated rings. The Balaban J connectivity index is 0.00000627. The normalized spacial score (nSPS) is 18.3. The monoisotopic (exact) mass is 838 g/mol. The summed E-state index contributed by atoms with van der Waals surface area (Å²) in [6.45, 7) is 11.4. The quantitative estimate of drug-likeness (QED) is 0.115. The summed E-state index contributed by atoms with van der Waals surface area (Å²) in [5, 5.41) is 12.2. The van der Waals surface area contributed by atoms with E-state index in [9.17, 15) is 37.3 Å². The Morgan fingerprint density at radius 2 is 1.49 bits per heavy atom. The topological polar surface area (TPSA) is 221 Å². The van der Waals surface area contributed by atoms with E-state index in [1.807, 2.05) is 33.8 Å². The van der Waals surface area contributed by atoms with Crippen LogP contribution in [0.5, 0.6) is 0 Å². The number of Topliss-reactive ketones (excluding diaryl/α,β-unsaturated/α-hetero) is 1. The van der Waals surface area contributed by atoms with E-state index in [0.717, 1.165) is 5.69 Å². The number of aryl methyl sites for hydroxylation is 2. The molecule has 1 amide bonds. The molecule has 0 saturated carbocycles. The van der Waals surface area contributed by atoms with Crippen molar-refractivity contribution in [2.24, 2.45) is 0 Å². The molecule has 0 spiro atoms. The number of aromatic nitrogens is 4. The Hall–Kier alpha value is -4.23. The molecule has 16 heteroatoms. The second-order valence-corrected chi connectivity index (χ2v) is 15.0. The van der Waals surface area contributed by atoms with E-state index >= 15 is 0 Å². The van der Waals surface area contributed by atoms with Crippen molar-refractivity contribution in [1.29, 1.82) is 0 Å². The zero-order chi connectivity index (χ0) is 38.2. The summed E-state index contributed by atoms with van der Waals surface area (Å²) in [4.78, 5) is 70.7. The maximum atomic E-state index is 13.9. The van der Waals surface area contributed by atoms with Crippen LogP contribution in [0.25, 0.3) is 22.1 Å². The molecule has 0 aromatic carbocycles. The third-order valence-electron chi connectivity index (χ3n) is 10.1. The van der Waals surface area contributed by atoms with Gasteiger partial charge in [-0.3, -0.25) is 29.1 Å². The molecule has 2 aliphatic heterocycles. The predicted molar refractivity (Wildman–Crippen MR) is 190 cm³/mol. The molecule has 5 rings (SSSR count). The number of esters is 1. The Labute approximate surface area is 321 Å². The zero-order valence-corrected chi connectivity index (χ0v) is 32.9. The van der Waals surface area contributed by atoms with Crippen molar-refractivity contribution < 1.29 is 62.4 Å². The van der Waals surface area contributed by atoms with Crippen molar-refractivity contribution in [1.82, 2.24) is 25.3 Å². The molecule has 2 aliphatic rings. The molecule has 4 atom stereocenters. The van der Waals surface area contributed by atoms with Gasteiger partial charge in [0.25, 0.3) is 0 Å². The van der Waals surface area contributed by atoms with Crippen LogP contribution in [-0.4, -0.2) is 64.0 Å². The summed E-state index contributed by atoms with van der Waals surface area (Å²) in [7, 11) is -4.63. The molecule has 2 unspecified atom stereocenters. The van der Waals surface area contributed by atoms with Gasteiger partial charge in [-0.2, -0.15) is 0 Å². The fourth-order valence-electron chi connectivity index (χ4n) is 7.27. The molecule has 0 radical (unpaired) electrons. The van der Waals surface area contributed by atoms with Gasteiger partial charge in [0.1, 0.15) is 6.61 Å². The average Bonchev–Trinajstić information content (AvgIpc) is 3.72. The predicted octanol–water partition coefficient (Wildman–Crippen LogP) is 4.78. The Bertz CT molecular complexity index is 2250. The number of carboxylic acid groups (broad SMARTS) is 1. The van der Waals surface area contributed by atoms with Gasteiger partial charge in [0.05, 0.1) is 15.9 Å². The first-order chi connectivity index (χ1) is 24.4. The van der Waals surface area contributed by atoms with Crippen molar-refractivity contribution in [2.45, 2.75) is 98.0 Å². The molecule has 14 nitrogen and oxygen atoms in total. The number of hydrogen-bond acceptors (Lipinski definition) is 10. The van der Waals surface area contributed by atoms with E-state index in [1.165, 1.54) is 13.8 Å². The molecule has 53 heavy (non-hydrogen) atoms. The van der Waals surface area contributed by atoms with Gasteiger partial charge in [-0.1, -0.05) is 50.1 Å². The Morgan fingerprint density at radius 1 is 0.906 bits per heavy atom. The van der Waals surface area contributed by atoms with Crippen molar-refractivity contribution in [3.8, 4) is 0 Å². The van der Waals surface area contributed by atoms with Crippen LogP contribution in [0.1, 0.15) is 138 Å². The van der Waals surface area contributed by atoms with Crippen LogP contribution in [0, 0.1) is 13.8 Å². The van der Waals surface area contributed by atoms with Crippen molar-refractivity contribution in [2.75, 3.05) is 12.3 Å². The first-order valence-corrected chi connectivity index (χ1v) is 18.7. The molecule has 3 aromatic rings. The summed E-state index contributed by atoms with van der Waals surface area (Å²) < 4.78 is 39.6. The second-order valence-electron chi connectivity index (χ2n) is 13.5. The Kier molecular flexibility index (Phi) is 12.9. The average molecular weight is 839 g/mol. The first-order valence-electron chi connectivity index (χ1n) is 17.2. The number of fused-ring (bicyclic) bond motifs is 8. The van der Waals surface area contributed by atoms with Crippen molar-refractivity contribution >= 4 is 55.8 Å². The molecule has 8 bridgehead atoms. The fourth-order valence-corrected chi connectivity index (χ4v) is 7.62.